The molecule has 0 aliphatic heterocycles. The van der Waals surface area contributed by atoms with Gasteiger partial charge in [-0.05, 0) is 134 Å². The van der Waals surface area contributed by atoms with Crippen molar-refractivity contribution >= 4 is 5.97 Å². The molecule has 1 unspecified atom stereocenters. The van der Waals surface area contributed by atoms with Crippen LogP contribution in [-0.2, 0) is 23.6 Å². The van der Waals surface area contributed by atoms with E-state index in [1.54, 1.807) is 12.6 Å². The van der Waals surface area contributed by atoms with Crippen LogP contribution in [0, 0.1) is 64.1 Å². The molecule has 7 nitrogen and oxygen atoms in total. The van der Waals surface area contributed by atoms with E-state index in [1.807, 2.05) is 24.3 Å². The lowest BCUT2D eigenvalue weighted by Gasteiger charge is -2.58. The van der Waals surface area contributed by atoms with Crippen molar-refractivity contribution in [1.82, 2.24) is 9.13 Å². The minimum Gasteiger partial charge on any atom is -0.494 e. The van der Waals surface area contributed by atoms with E-state index in [-0.39, 0.29) is 23.3 Å². The van der Waals surface area contributed by atoms with Gasteiger partial charge in [-0.25, -0.2) is 4.79 Å². The molecule has 1 aromatic carbocycles. The number of aryl methyl sites for hydroxylation is 1. The summed E-state index contributed by atoms with van der Waals surface area (Å²) in [5.41, 5.74) is 2.71. The number of unbranched alkanes of at least 4 members (excludes halogenated alkanes) is 7. The Bertz CT molecular complexity index is 1960. The Balaban J connectivity index is 0.819. The van der Waals surface area contributed by atoms with Crippen molar-refractivity contribution in [2.45, 2.75) is 170 Å². The first-order chi connectivity index (χ1) is 28.7. The van der Waals surface area contributed by atoms with Gasteiger partial charge in [0.15, 0.2) is 0 Å². The standard InChI is InChI=1S/C53H78N2O5/c1-37(2)38(3)18-19-39(4)46-28-29-47-45-27-24-42-35-44(30-32-52(42,5)48(45)31-33-53(46,47)6)60-49(56)17-15-13-11-9-10-12-14-16-34-59-43-25-21-40(22-26-43)20-23-41-36-54(7)51(58)55(8)50(41)57/h21-22,24-26,36-39,44-48H,9-19,27-35H2,1-8H3/t38-,39-,44?,45+,46-,47+,48+,52+,53-/m1/s1. The summed E-state index contributed by atoms with van der Waals surface area (Å²) in [6.45, 7) is 15.8. The highest BCUT2D eigenvalue weighted by Crippen LogP contribution is 2.67. The number of benzene rings is 1. The number of rotatable bonds is 18. The van der Waals surface area contributed by atoms with Crippen LogP contribution in [0.3, 0.4) is 0 Å². The highest BCUT2D eigenvalue weighted by molar-refractivity contribution is 5.69. The lowest BCUT2D eigenvalue weighted by molar-refractivity contribution is -0.151. The van der Waals surface area contributed by atoms with Crippen molar-refractivity contribution in [2.24, 2.45) is 66.4 Å². The van der Waals surface area contributed by atoms with Gasteiger partial charge in [0, 0.05) is 38.7 Å². The summed E-state index contributed by atoms with van der Waals surface area (Å²) in [6.07, 6.45) is 26.5. The van der Waals surface area contributed by atoms with Gasteiger partial charge in [-0.15, -0.1) is 0 Å². The maximum Gasteiger partial charge on any atom is 0.330 e. The highest BCUT2D eigenvalue weighted by atomic mass is 16.5. The lowest BCUT2D eigenvalue weighted by Crippen LogP contribution is -2.51. The number of carbonyl (C=O) groups excluding carboxylic acids is 1. The summed E-state index contributed by atoms with van der Waals surface area (Å²) in [7, 11) is 3.06. The zero-order valence-electron chi connectivity index (χ0n) is 38.7. The Morgan fingerprint density at radius 3 is 2.25 bits per heavy atom. The summed E-state index contributed by atoms with van der Waals surface area (Å²) < 4.78 is 14.5. The summed E-state index contributed by atoms with van der Waals surface area (Å²) in [5.74, 6) is 12.6. The molecule has 3 saturated carbocycles. The number of carbonyl (C=O) groups is 1. The molecule has 0 bridgehead atoms. The molecule has 4 aliphatic rings. The van der Waals surface area contributed by atoms with Crippen LogP contribution in [-0.4, -0.2) is 27.8 Å². The Hall–Kier alpha value is -3.53. The van der Waals surface area contributed by atoms with E-state index in [2.05, 4.69) is 59.5 Å². The largest absolute Gasteiger partial charge is 0.494 e. The minimum absolute atomic E-state index is 0.0104. The van der Waals surface area contributed by atoms with Gasteiger partial charge < -0.3 is 14.0 Å². The molecule has 3 fully saturated rings. The van der Waals surface area contributed by atoms with Gasteiger partial charge in [0.25, 0.3) is 5.56 Å². The number of hydrogen-bond acceptors (Lipinski definition) is 5. The predicted molar refractivity (Wildman–Crippen MR) is 244 cm³/mol. The molecule has 0 radical (unpaired) electrons. The van der Waals surface area contributed by atoms with Crippen LogP contribution in [0.4, 0.5) is 0 Å². The second kappa shape index (κ2) is 20.6. The molecule has 0 amide bonds. The Labute approximate surface area is 362 Å². The number of nitrogens with zero attached hydrogens (tertiary/aromatic N) is 2. The van der Waals surface area contributed by atoms with Crippen molar-refractivity contribution in [3.05, 3.63) is 74.1 Å². The topological polar surface area (TPSA) is 79.5 Å². The third-order valence-electron chi connectivity index (χ3n) is 16.5. The molecule has 6 rings (SSSR count). The van der Waals surface area contributed by atoms with Crippen LogP contribution < -0.4 is 16.0 Å². The zero-order chi connectivity index (χ0) is 43.0. The van der Waals surface area contributed by atoms with E-state index >= 15 is 0 Å². The molecule has 0 spiro atoms. The minimum atomic E-state index is -0.394. The van der Waals surface area contributed by atoms with Crippen molar-refractivity contribution in [3.63, 3.8) is 0 Å². The van der Waals surface area contributed by atoms with Crippen LogP contribution in [0.5, 0.6) is 5.75 Å². The molecular weight excluding hydrogens is 745 g/mol. The normalized spacial score (nSPS) is 28.1. The first-order valence-electron chi connectivity index (χ1n) is 24.1. The maximum atomic E-state index is 12.9. The van der Waals surface area contributed by atoms with Gasteiger partial charge in [0.05, 0.1) is 6.61 Å². The predicted octanol–water partition coefficient (Wildman–Crippen LogP) is 11.6. The summed E-state index contributed by atoms with van der Waals surface area (Å²) in [5, 5.41) is 0. The third-order valence-corrected chi connectivity index (χ3v) is 16.5. The van der Waals surface area contributed by atoms with Crippen molar-refractivity contribution in [3.8, 4) is 17.6 Å². The van der Waals surface area contributed by atoms with Crippen LogP contribution in [0.1, 0.15) is 175 Å². The van der Waals surface area contributed by atoms with Gasteiger partial charge in [-0.1, -0.05) is 116 Å². The number of hydrogen-bond donors (Lipinski definition) is 0. The molecule has 330 valence electrons. The number of esters is 1. The Kier molecular flexibility index (Phi) is 15.8. The molecule has 0 saturated heterocycles. The molecule has 9 atom stereocenters. The van der Waals surface area contributed by atoms with E-state index in [0.29, 0.717) is 23.9 Å². The number of fused-ring (bicyclic) bond motifs is 5. The monoisotopic (exact) mass is 823 g/mol. The molecule has 2 aromatic rings. The quantitative estimate of drug-likeness (QED) is 0.0647. The van der Waals surface area contributed by atoms with Gasteiger partial charge >= 0.3 is 11.7 Å². The summed E-state index contributed by atoms with van der Waals surface area (Å²) in [4.78, 5) is 37.1. The van der Waals surface area contributed by atoms with Crippen molar-refractivity contribution < 1.29 is 14.3 Å². The maximum absolute atomic E-state index is 12.9. The first kappa shape index (κ1) is 46.0. The van der Waals surface area contributed by atoms with E-state index in [1.165, 1.54) is 94.9 Å². The lowest BCUT2D eigenvalue weighted by atomic mass is 9.47. The fourth-order valence-corrected chi connectivity index (χ4v) is 12.3. The van der Waals surface area contributed by atoms with Crippen LogP contribution in [0.25, 0.3) is 0 Å². The number of aromatic nitrogens is 2. The first-order valence-corrected chi connectivity index (χ1v) is 24.1. The fraction of sp³-hybridized carbons (Fsp3) is 0.717. The van der Waals surface area contributed by atoms with E-state index in [4.69, 9.17) is 9.47 Å². The molecule has 7 heteroatoms. The second-order valence-corrected chi connectivity index (χ2v) is 20.6. The third kappa shape index (κ3) is 10.7. The second-order valence-electron chi connectivity index (χ2n) is 20.6. The van der Waals surface area contributed by atoms with Gasteiger partial charge in [-0.3, -0.25) is 14.2 Å². The molecule has 1 aromatic heterocycles. The summed E-state index contributed by atoms with van der Waals surface area (Å²) >= 11 is 0. The molecule has 60 heavy (non-hydrogen) atoms. The van der Waals surface area contributed by atoms with E-state index < -0.39 is 5.56 Å². The molecular formula is C53H78N2O5. The Morgan fingerprint density at radius 2 is 1.53 bits per heavy atom. The molecule has 0 N–H and O–H groups in total. The SMILES string of the molecule is CC(C)[C@H](C)CC[C@@H](C)[C@H]1CC[C@H]2[C@@H]3CC=C4CC(OC(=O)CCCCCCCCCCOc5ccc(C#Cc6cn(C)c(=O)n(C)c6=O)cc5)CC[C@]4(C)[C@H]3CC[C@]12C. The van der Waals surface area contributed by atoms with Crippen molar-refractivity contribution in [1.29, 1.82) is 0 Å². The van der Waals surface area contributed by atoms with Gasteiger partial charge in [-0.2, -0.15) is 0 Å². The number of allylic oxidation sites excluding steroid dienone is 1. The average molecular weight is 823 g/mol. The van der Waals surface area contributed by atoms with Crippen LogP contribution >= 0.6 is 0 Å². The fourth-order valence-electron chi connectivity index (χ4n) is 12.3. The zero-order valence-corrected chi connectivity index (χ0v) is 38.7. The molecule has 4 aliphatic carbocycles. The highest BCUT2D eigenvalue weighted by Gasteiger charge is 2.59. The Morgan fingerprint density at radius 1 is 0.833 bits per heavy atom. The van der Waals surface area contributed by atoms with E-state index in [0.717, 1.165) is 95.8 Å². The van der Waals surface area contributed by atoms with E-state index in [9.17, 15) is 14.4 Å². The average Bonchev–Trinajstić information content (AvgIpc) is 3.59. The van der Waals surface area contributed by atoms with Crippen molar-refractivity contribution in [2.75, 3.05) is 6.61 Å². The smallest absolute Gasteiger partial charge is 0.330 e. The summed E-state index contributed by atoms with van der Waals surface area (Å²) in [6, 6.07) is 7.56. The number of ether oxygens (including phenoxy) is 2. The molecule has 1 heterocycles. The van der Waals surface area contributed by atoms with Gasteiger partial charge in [0.1, 0.15) is 17.4 Å². The van der Waals surface area contributed by atoms with Gasteiger partial charge in [0.2, 0.25) is 0 Å². The van der Waals surface area contributed by atoms with Crippen LogP contribution in [0.15, 0.2) is 51.7 Å². The van der Waals surface area contributed by atoms with Crippen LogP contribution in [0.2, 0.25) is 0 Å².